The molecule has 0 aliphatic rings. The molecule has 1 amide bonds. The Kier molecular flexibility index (Phi) is 9.19. The summed E-state index contributed by atoms with van der Waals surface area (Å²) in [4.78, 5) is 34.3. The van der Waals surface area contributed by atoms with Gasteiger partial charge in [0, 0.05) is 6.42 Å². The Balaban J connectivity index is 4.41. The molecular weight excluding hydrogens is 284 g/mol. The van der Waals surface area contributed by atoms with Gasteiger partial charge in [0.05, 0.1) is 19.1 Å². The Bertz CT molecular complexity index is 345. The fourth-order valence-electron chi connectivity index (χ4n) is 1.53. The summed E-state index contributed by atoms with van der Waals surface area (Å²) in [7, 11) is 1.47. The van der Waals surface area contributed by atoms with Gasteiger partial charge in [0.1, 0.15) is 12.1 Å². The molecule has 0 saturated carbocycles. The highest BCUT2D eigenvalue weighted by molar-refractivity contribution is 7.96. The molecule has 0 heterocycles. The third kappa shape index (κ3) is 7.46. The summed E-state index contributed by atoms with van der Waals surface area (Å²) in [5, 5.41) is 22.9. The third-order valence-corrected chi connectivity index (χ3v) is 3.52. The van der Waals surface area contributed by atoms with Gasteiger partial charge in [-0.05, 0) is 24.4 Å². The molecule has 7 nitrogen and oxygen atoms in total. The number of aliphatic hydroxyl groups excluding tert-OH is 1. The molecule has 0 aromatic rings. The van der Waals surface area contributed by atoms with Crippen LogP contribution in [0, 0.1) is 0 Å². The van der Waals surface area contributed by atoms with Crippen LogP contribution >= 0.6 is 0 Å². The highest BCUT2D eigenvalue weighted by atomic mass is 32.2. The zero-order chi connectivity index (χ0) is 15.7. The molecule has 20 heavy (non-hydrogen) atoms. The van der Waals surface area contributed by atoms with Crippen LogP contribution in [0.2, 0.25) is 0 Å². The van der Waals surface area contributed by atoms with Crippen molar-refractivity contribution in [1.29, 1.82) is 0 Å². The maximum Gasteiger partial charge on any atom is 0.326 e. The molecule has 2 atom stereocenters. The van der Waals surface area contributed by atoms with Gasteiger partial charge in [-0.15, -0.1) is 0 Å². The predicted octanol–water partition coefficient (Wildman–Crippen LogP) is -1.64. The number of likely N-dealkylation sites (N-methyl/N-ethyl adjacent to an activating group) is 1. The van der Waals surface area contributed by atoms with Crippen molar-refractivity contribution < 1.29 is 24.6 Å². The molecule has 0 saturated heterocycles. The first kappa shape index (κ1) is 18.9. The van der Waals surface area contributed by atoms with Gasteiger partial charge >= 0.3 is 5.97 Å². The molecule has 8 heteroatoms. The minimum Gasteiger partial charge on any atom is -0.480 e. The lowest BCUT2D eigenvalue weighted by atomic mass is 10.1. The van der Waals surface area contributed by atoms with Crippen molar-refractivity contribution in [3.05, 3.63) is 0 Å². The van der Waals surface area contributed by atoms with E-state index in [1.807, 2.05) is 12.5 Å². The van der Waals surface area contributed by atoms with Crippen LogP contribution in [0.1, 0.15) is 12.8 Å². The summed E-state index contributed by atoms with van der Waals surface area (Å²) in [6.45, 7) is -0.428. The second kappa shape index (κ2) is 9.73. The number of carbonyl (C=O) groups excluding carboxylic acids is 2. The molecule has 0 radical (unpaired) electrons. The Hall–Kier alpha value is -1.12. The highest BCUT2D eigenvalue weighted by Crippen LogP contribution is 2.02. The lowest BCUT2D eigenvalue weighted by Gasteiger charge is -2.18. The van der Waals surface area contributed by atoms with E-state index in [0.29, 0.717) is 5.75 Å². The number of hydrogen-bond acceptors (Lipinski definition) is 5. The Morgan fingerprint density at radius 3 is 2.20 bits per heavy atom. The van der Waals surface area contributed by atoms with E-state index in [0.717, 1.165) is 0 Å². The largest absolute Gasteiger partial charge is 0.480 e. The van der Waals surface area contributed by atoms with Crippen LogP contribution in [0.25, 0.3) is 0 Å². The van der Waals surface area contributed by atoms with Crippen LogP contribution in [-0.4, -0.2) is 71.9 Å². The maximum absolute atomic E-state index is 11.7. The minimum absolute atomic E-state index is 0.00819. The zero-order valence-corrected chi connectivity index (χ0v) is 12.8. The van der Waals surface area contributed by atoms with Crippen LogP contribution < -0.4 is 10.6 Å². The summed E-state index contributed by atoms with van der Waals surface area (Å²) in [5.41, 5.74) is 0. The van der Waals surface area contributed by atoms with Gasteiger partial charge in [-0.25, -0.2) is 4.79 Å². The standard InChI is InChI=1S/C12H22N2O5S/c1-13-10(6-15)11(17)14-9(12(18)19)5-4-8(16)7-20(2)3/h9-10,13,15H,4-7H2,1-3H3,(H-,14,17,18,19)/p+1. The summed E-state index contributed by atoms with van der Waals surface area (Å²) in [6.07, 6.45) is 4.05. The number of carbonyl (C=O) groups is 3. The van der Waals surface area contributed by atoms with Gasteiger partial charge in [-0.3, -0.25) is 9.59 Å². The summed E-state index contributed by atoms with van der Waals surface area (Å²) >= 11 is 0. The topological polar surface area (TPSA) is 116 Å². The molecule has 2 unspecified atom stereocenters. The fourth-order valence-corrected chi connectivity index (χ4v) is 2.32. The minimum atomic E-state index is -1.19. The van der Waals surface area contributed by atoms with Crippen molar-refractivity contribution in [2.75, 3.05) is 31.9 Å². The van der Waals surface area contributed by atoms with E-state index in [1.54, 1.807) is 0 Å². The number of aliphatic carboxylic acids is 1. The van der Waals surface area contributed by atoms with Crippen molar-refractivity contribution in [2.24, 2.45) is 0 Å². The Morgan fingerprint density at radius 2 is 1.80 bits per heavy atom. The molecular formula is C12H23N2O5S+. The molecule has 0 fully saturated rings. The normalized spacial score (nSPS) is 13.8. The summed E-state index contributed by atoms with van der Waals surface area (Å²) in [5.74, 6) is -1.37. The molecule has 0 rings (SSSR count). The van der Waals surface area contributed by atoms with Crippen molar-refractivity contribution in [3.63, 3.8) is 0 Å². The molecule has 116 valence electrons. The van der Waals surface area contributed by atoms with Crippen molar-refractivity contribution in [2.45, 2.75) is 24.9 Å². The number of amides is 1. The molecule has 0 aromatic heterocycles. The fraction of sp³-hybridized carbons (Fsp3) is 0.750. The first-order chi connectivity index (χ1) is 9.31. The van der Waals surface area contributed by atoms with E-state index in [9.17, 15) is 14.4 Å². The van der Waals surface area contributed by atoms with Crippen molar-refractivity contribution >= 4 is 28.6 Å². The highest BCUT2D eigenvalue weighted by Gasteiger charge is 2.25. The average Bonchev–Trinajstić information content (AvgIpc) is 2.34. The number of rotatable bonds is 10. The van der Waals surface area contributed by atoms with E-state index in [2.05, 4.69) is 10.6 Å². The molecule has 4 N–H and O–H groups in total. The zero-order valence-electron chi connectivity index (χ0n) is 12.0. The van der Waals surface area contributed by atoms with Crippen molar-refractivity contribution in [1.82, 2.24) is 10.6 Å². The molecule has 0 aliphatic carbocycles. The average molecular weight is 307 g/mol. The van der Waals surface area contributed by atoms with E-state index < -0.39 is 30.6 Å². The van der Waals surface area contributed by atoms with Crippen LogP contribution in [0.5, 0.6) is 0 Å². The molecule has 0 bridgehead atoms. The first-order valence-corrected chi connectivity index (χ1v) is 8.40. The van der Waals surface area contributed by atoms with Gasteiger partial charge < -0.3 is 20.8 Å². The Labute approximate surface area is 121 Å². The SMILES string of the molecule is CNC(CO)C(=O)NC(CCC(=O)C[S+](C)C)C(=O)O. The van der Waals surface area contributed by atoms with Gasteiger partial charge in [-0.2, -0.15) is 0 Å². The number of nitrogens with one attached hydrogen (secondary N) is 2. The first-order valence-electron chi connectivity index (χ1n) is 6.19. The van der Waals surface area contributed by atoms with Crippen LogP contribution in [0.15, 0.2) is 0 Å². The number of carboxylic acids is 1. The van der Waals surface area contributed by atoms with Crippen LogP contribution in [-0.2, 0) is 25.3 Å². The van der Waals surface area contributed by atoms with Crippen molar-refractivity contribution in [3.8, 4) is 0 Å². The second-order valence-electron chi connectivity index (χ2n) is 4.63. The van der Waals surface area contributed by atoms with Gasteiger partial charge in [-0.1, -0.05) is 0 Å². The number of Topliss-reactive ketones (excluding diaryl/α,β-unsaturated/α-hetero) is 1. The molecule has 0 spiro atoms. The number of ketones is 1. The molecule has 0 aliphatic heterocycles. The van der Waals surface area contributed by atoms with Gasteiger partial charge in [0.2, 0.25) is 5.91 Å². The smallest absolute Gasteiger partial charge is 0.326 e. The van der Waals surface area contributed by atoms with Crippen LogP contribution in [0.3, 0.4) is 0 Å². The van der Waals surface area contributed by atoms with Crippen LogP contribution in [0.4, 0.5) is 0 Å². The number of carboxylic acid groups (broad SMARTS) is 1. The monoisotopic (exact) mass is 307 g/mol. The predicted molar refractivity (Wildman–Crippen MR) is 77.8 cm³/mol. The second-order valence-corrected chi connectivity index (χ2v) is 6.89. The summed E-state index contributed by atoms with van der Waals surface area (Å²) in [6, 6.07) is -1.98. The Morgan fingerprint density at radius 1 is 1.20 bits per heavy atom. The van der Waals surface area contributed by atoms with E-state index >= 15 is 0 Å². The van der Waals surface area contributed by atoms with Gasteiger partial charge in [0.15, 0.2) is 11.5 Å². The van der Waals surface area contributed by atoms with Gasteiger partial charge in [0.25, 0.3) is 0 Å². The lowest BCUT2D eigenvalue weighted by Crippen LogP contribution is -2.51. The quantitative estimate of drug-likeness (QED) is 0.360. The molecule has 0 aromatic carbocycles. The lowest BCUT2D eigenvalue weighted by molar-refractivity contribution is -0.142. The van der Waals surface area contributed by atoms with E-state index in [4.69, 9.17) is 10.2 Å². The number of aliphatic hydroxyl groups is 1. The third-order valence-electron chi connectivity index (χ3n) is 2.62. The maximum atomic E-state index is 11.7. The summed E-state index contributed by atoms with van der Waals surface area (Å²) < 4.78 is 0. The van der Waals surface area contributed by atoms with E-state index in [1.165, 1.54) is 7.05 Å². The number of hydrogen-bond donors (Lipinski definition) is 4. The van der Waals surface area contributed by atoms with E-state index in [-0.39, 0.29) is 29.5 Å².